The minimum absolute atomic E-state index is 0.00820. The number of aliphatic hydroxyl groups is 2. The largest absolute Gasteiger partial charge is 0.507 e. The molecule has 146 valence electrons. The number of rotatable bonds is 1. The smallest absolute Gasteiger partial charge is 0.342 e. The minimum atomic E-state index is -1.55. The van der Waals surface area contributed by atoms with Crippen molar-refractivity contribution in [3.8, 4) is 5.75 Å². The molecule has 0 fully saturated rings. The maximum absolute atomic E-state index is 12.6. The van der Waals surface area contributed by atoms with Gasteiger partial charge in [0.25, 0.3) is 0 Å². The third kappa shape index (κ3) is 4.96. The van der Waals surface area contributed by atoms with E-state index in [1.165, 1.54) is 30.4 Å². The molecule has 1 heterocycles. The van der Waals surface area contributed by atoms with Gasteiger partial charge in [0.1, 0.15) is 23.5 Å². The first-order valence-electron chi connectivity index (χ1n) is 8.75. The normalized spacial score (nSPS) is 29.2. The number of anilines is 1. The van der Waals surface area contributed by atoms with Gasteiger partial charge in [-0.1, -0.05) is 25.2 Å². The second-order valence-corrected chi connectivity index (χ2v) is 6.59. The van der Waals surface area contributed by atoms with Crippen LogP contribution in [0.5, 0.6) is 5.75 Å². The zero-order valence-electron chi connectivity index (χ0n) is 15.5. The molecule has 0 bridgehead atoms. The third-order valence-electron chi connectivity index (χ3n) is 4.57. The molecule has 0 radical (unpaired) electrons. The number of hydrogen-bond acceptors (Lipinski definition) is 7. The third-order valence-corrected chi connectivity index (χ3v) is 4.57. The topological polar surface area (TPSA) is 116 Å². The number of ether oxygens (including phenoxy) is 1. The first-order valence-corrected chi connectivity index (χ1v) is 8.75. The SMILES string of the molecule is CNc1cc(O)c2c(c1)/C=C/C[C@H](O)[C@@H](O)C(=O)/C=C\[C@@H](C)[C@H](C)OC2=O. The van der Waals surface area contributed by atoms with E-state index in [1.807, 2.05) is 0 Å². The summed E-state index contributed by atoms with van der Waals surface area (Å²) >= 11 is 0. The number of fused-ring (bicyclic) bond motifs is 1. The molecular weight excluding hydrogens is 350 g/mol. The molecule has 0 amide bonds. The van der Waals surface area contributed by atoms with E-state index in [2.05, 4.69) is 5.32 Å². The van der Waals surface area contributed by atoms with Crippen molar-refractivity contribution in [2.75, 3.05) is 12.4 Å². The first kappa shape index (κ1) is 20.7. The summed E-state index contributed by atoms with van der Waals surface area (Å²) in [5.74, 6) is -1.85. The molecule has 1 aromatic rings. The molecule has 4 N–H and O–H groups in total. The van der Waals surface area contributed by atoms with Crippen molar-refractivity contribution >= 4 is 23.5 Å². The van der Waals surface area contributed by atoms with Crippen LogP contribution in [0.1, 0.15) is 36.2 Å². The molecule has 7 heteroatoms. The average Bonchev–Trinajstić information content (AvgIpc) is 2.63. The van der Waals surface area contributed by atoms with Gasteiger partial charge in [0.2, 0.25) is 0 Å². The molecule has 0 aromatic heterocycles. The van der Waals surface area contributed by atoms with Crippen molar-refractivity contribution in [3.63, 3.8) is 0 Å². The molecule has 0 unspecified atom stereocenters. The predicted octanol–water partition coefficient (Wildman–Crippen LogP) is 1.88. The maximum Gasteiger partial charge on any atom is 0.342 e. The van der Waals surface area contributed by atoms with E-state index in [0.29, 0.717) is 11.3 Å². The highest BCUT2D eigenvalue weighted by molar-refractivity contribution is 5.97. The number of aromatic hydroxyl groups is 1. The standard InChI is InChI=1S/C20H25NO6/c1-11-7-8-16(23)19(25)15(22)6-4-5-13-9-14(21-3)10-17(24)18(13)20(26)27-12(11)2/h4-5,7-12,15,19,21-22,24-25H,6H2,1-3H3/b5-4+,8-7-/t11-,12+,15+,19-/m1/s1. The summed E-state index contributed by atoms with van der Waals surface area (Å²) in [5.41, 5.74) is 0.992. The van der Waals surface area contributed by atoms with Crippen LogP contribution in [0, 0.1) is 5.92 Å². The molecule has 0 spiro atoms. The Balaban J connectivity index is 2.50. The summed E-state index contributed by atoms with van der Waals surface area (Å²) in [6.45, 7) is 3.42. The lowest BCUT2D eigenvalue weighted by atomic mass is 9.99. The quantitative estimate of drug-likeness (QED) is 0.554. The van der Waals surface area contributed by atoms with Gasteiger partial charge in [0.15, 0.2) is 5.78 Å². The van der Waals surface area contributed by atoms with Crippen molar-refractivity contribution in [2.45, 2.75) is 38.6 Å². The van der Waals surface area contributed by atoms with Crippen LogP contribution in [-0.4, -0.2) is 52.4 Å². The van der Waals surface area contributed by atoms with Crippen LogP contribution in [0.15, 0.2) is 30.4 Å². The van der Waals surface area contributed by atoms with E-state index in [0.717, 1.165) is 0 Å². The molecule has 1 aliphatic rings. The highest BCUT2D eigenvalue weighted by Gasteiger charge is 2.25. The van der Waals surface area contributed by atoms with Crippen molar-refractivity contribution in [1.82, 2.24) is 0 Å². The van der Waals surface area contributed by atoms with Crippen LogP contribution in [0.4, 0.5) is 5.69 Å². The number of hydrogen-bond donors (Lipinski definition) is 4. The molecule has 1 aromatic carbocycles. The Labute approximate surface area is 158 Å². The van der Waals surface area contributed by atoms with E-state index >= 15 is 0 Å². The number of carbonyl (C=O) groups is 2. The van der Waals surface area contributed by atoms with Gasteiger partial charge >= 0.3 is 5.97 Å². The Kier molecular flexibility index (Phi) is 6.76. The van der Waals surface area contributed by atoms with E-state index in [4.69, 9.17) is 4.74 Å². The lowest BCUT2D eigenvalue weighted by Gasteiger charge is -2.20. The molecule has 0 saturated heterocycles. The molecule has 1 aliphatic heterocycles. The number of cyclic esters (lactones) is 1. The number of nitrogens with one attached hydrogen (secondary N) is 1. The van der Waals surface area contributed by atoms with E-state index in [9.17, 15) is 24.9 Å². The molecule has 27 heavy (non-hydrogen) atoms. The molecule has 4 atom stereocenters. The Morgan fingerprint density at radius 3 is 2.52 bits per heavy atom. The lowest BCUT2D eigenvalue weighted by molar-refractivity contribution is -0.127. The maximum atomic E-state index is 12.6. The summed E-state index contributed by atoms with van der Waals surface area (Å²) in [7, 11) is 1.67. The second-order valence-electron chi connectivity index (χ2n) is 6.59. The summed E-state index contributed by atoms with van der Waals surface area (Å²) in [5, 5.41) is 33.2. The highest BCUT2D eigenvalue weighted by atomic mass is 16.5. The van der Waals surface area contributed by atoms with E-state index in [1.54, 1.807) is 27.0 Å². The molecule has 2 rings (SSSR count). The number of phenols is 1. The Bertz CT molecular complexity index is 770. The predicted molar refractivity (Wildman–Crippen MR) is 102 cm³/mol. The zero-order valence-corrected chi connectivity index (χ0v) is 15.5. The average molecular weight is 375 g/mol. The number of benzene rings is 1. The van der Waals surface area contributed by atoms with Crippen LogP contribution < -0.4 is 5.32 Å². The molecule has 7 nitrogen and oxygen atoms in total. The van der Waals surface area contributed by atoms with Crippen molar-refractivity contribution in [2.24, 2.45) is 5.92 Å². The fraction of sp³-hybridized carbons (Fsp3) is 0.400. The Morgan fingerprint density at radius 2 is 1.85 bits per heavy atom. The summed E-state index contributed by atoms with van der Waals surface area (Å²) in [6.07, 6.45) is 2.34. The van der Waals surface area contributed by atoms with Gasteiger partial charge in [0.05, 0.1) is 6.10 Å². The van der Waals surface area contributed by atoms with Gasteiger partial charge < -0.3 is 25.4 Å². The molecule has 0 saturated carbocycles. The number of carbonyl (C=O) groups excluding carboxylic acids is 2. The molecule has 0 aliphatic carbocycles. The van der Waals surface area contributed by atoms with E-state index < -0.39 is 30.1 Å². The Hall–Kier alpha value is -2.64. The zero-order chi connectivity index (χ0) is 20.1. The summed E-state index contributed by atoms with van der Waals surface area (Å²) in [6, 6.07) is 3.07. The van der Waals surface area contributed by atoms with Crippen LogP contribution >= 0.6 is 0 Å². The van der Waals surface area contributed by atoms with Crippen LogP contribution in [0.25, 0.3) is 6.08 Å². The van der Waals surface area contributed by atoms with Gasteiger partial charge in [-0.25, -0.2) is 4.79 Å². The monoisotopic (exact) mass is 375 g/mol. The second kappa shape index (κ2) is 8.83. The number of aliphatic hydroxyl groups excluding tert-OH is 2. The summed E-state index contributed by atoms with van der Waals surface area (Å²) < 4.78 is 5.44. The summed E-state index contributed by atoms with van der Waals surface area (Å²) in [4.78, 5) is 24.6. The van der Waals surface area contributed by atoms with Crippen molar-refractivity contribution < 1.29 is 29.6 Å². The van der Waals surface area contributed by atoms with Crippen LogP contribution in [0.2, 0.25) is 0 Å². The van der Waals surface area contributed by atoms with Gasteiger partial charge in [-0.3, -0.25) is 4.79 Å². The number of ketones is 1. The van der Waals surface area contributed by atoms with Crippen LogP contribution in [0.3, 0.4) is 0 Å². The minimum Gasteiger partial charge on any atom is -0.507 e. The van der Waals surface area contributed by atoms with E-state index in [-0.39, 0.29) is 23.7 Å². The highest BCUT2D eigenvalue weighted by Crippen LogP contribution is 2.29. The van der Waals surface area contributed by atoms with Crippen molar-refractivity contribution in [3.05, 3.63) is 41.5 Å². The van der Waals surface area contributed by atoms with Gasteiger partial charge in [-0.15, -0.1) is 0 Å². The number of phenolic OH excluding ortho intramolecular Hbond substituents is 1. The lowest BCUT2D eigenvalue weighted by Crippen LogP contribution is -2.32. The first-order chi connectivity index (χ1) is 12.7. The molecular formula is C20H25NO6. The van der Waals surface area contributed by atoms with Crippen molar-refractivity contribution in [1.29, 1.82) is 0 Å². The Morgan fingerprint density at radius 1 is 1.15 bits per heavy atom. The van der Waals surface area contributed by atoms with Crippen LogP contribution in [-0.2, 0) is 9.53 Å². The number of esters is 1. The fourth-order valence-corrected chi connectivity index (χ4v) is 2.64. The van der Waals surface area contributed by atoms with Gasteiger partial charge in [-0.2, -0.15) is 0 Å². The fourth-order valence-electron chi connectivity index (χ4n) is 2.64. The van der Waals surface area contributed by atoms with Gasteiger partial charge in [-0.05, 0) is 31.1 Å². The van der Waals surface area contributed by atoms with Gasteiger partial charge in [0, 0.05) is 24.7 Å².